The minimum absolute atomic E-state index is 0.000822. The van der Waals surface area contributed by atoms with Crippen molar-refractivity contribution < 1.29 is 19.1 Å². The van der Waals surface area contributed by atoms with Crippen LogP contribution in [0.15, 0.2) is 59.0 Å². The van der Waals surface area contributed by atoms with Crippen LogP contribution in [0.25, 0.3) is 33.4 Å². The van der Waals surface area contributed by atoms with Crippen molar-refractivity contribution in [2.24, 2.45) is 0 Å². The number of Topliss-reactive ketones (excluding diaryl/α,β-unsaturated/α-hetero) is 1. The zero-order valence-electron chi connectivity index (χ0n) is 18.6. The van der Waals surface area contributed by atoms with Gasteiger partial charge in [-0.25, -0.2) is 9.37 Å². The fraction of sp³-hybridized carbons (Fsp3) is 0.148. The van der Waals surface area contributed by atoms with Crippen LogP contribution in [0.1, 0.15) is 26.3 Å². The number of fused-ring (bicyclic) bond motifs is 2. The van der Waals surface area contributed by atoms with Crippen LogP contribution in [0, 0.1) is 12.3 Å². The minimum atomic E-state index is -1.14. The lowest BCUT2D eigenvalue weighted by atomic mass is 9.89. The number of hydrogen-bond acceptors (Lipinski definition) is 4. The number of nitrogens with zero attached hydrogens (tertiary/aromatic N) is 1. The number of carbonyl (C=O) groups excluding carboxylic acids is 1. The zero-order chi connectivity index (χ0) is 23.7. The maximum Gasteiger partial charge on any atom is 0.336 e. The molecule has 6 heteroatoms. The molecule has 0 spiro atoms. The van der Waals surface area contributed by atoms with E-state index in [4.69, 9.17) is 10.8 Å². The lowest BCUT2D eigenvalue weighted by Gasteiger charge is -2.17. The fourth-order valence-electron chi connectivity index (χ4n) is 3.97. The second-order valence-corrected chi connectivity index (χ2v) is 7.95. The summed E-state index contributed by atoms with van der Waals surface area (Å²) < 4.78 is 8.25. The van der Waals surface area contributed by atoms with Gasteiger partial charge in [0.2, 0.25) is 11.1 Å². The SMILES string of the molecule is C#CC(=O)c1ccc(-c2c3ccc(=[N+](C)C)cc-3oc3cc(CNC)ccc23)c(C(=O)O)c1. The largest absolute Gasteiger partial charge is 0.478 e. The van der Waals surface area contributed by atoms with Gasteiger partial charge < -0.3 is 14.8 Å². The molecule has 2 aromatic rings. The van der Waals surface area contributed by atoms with Crippen molar-refractivity contribution in [3.63, 3.8) is 0 Å². The standard InChI is InChI=1S/C27H22N2O4/c1-5-23(30)17-7-10-19(22(13-17)27(31)32)26-20-9-6-16(15-28-2)12-24(20)33-25-14-18(29(3)4)8-11-21(25)26/h1,6-14,28H,15H2,2-4H3/p+1. The van der Waals surface area contributed by atoms with E-state index in [1.807, 2.05) is 68.0 Å². The lowest BCUT2D eigenvalue weighted by molar-refractivity contribution is 0.0697. The molecule has 0 saturated carbocycles. The van der Waals surface area contributed by atoms with Gasteiger partial charge in [-0.1, -0.05) is 18.2 Å². The van der Waals surface area contributed by atoms with Crippen LogP contribution in [0.4, 0.5) is 0 Å². The minimum Gasteiger partial charge on any atom is -0.478 e. The lowest BCUT2D eigenvalue weighted by Crippen LogP contribution is -2.21. The highest BCUT2D eigenvalue weighted by atomic mass is 16.4. The maximum absolute atomic E-state index is 12.2. The van der Waals surface area contributed by atoms with Gasteiger partial charge in [0.1, 0.15) is 25.4 Å². The van der Waals surface area contributed by atoms with E-state index < -0.39 is 11.8 Å². The average Bonchev–Trinajstić information content (AvgIpc) is 2.81. The van der Waals surface area contributed by atoms with Crippen LogP contribution in [0.5, 0.6) is 0 Å². The van der Waals surface area contributed by atoms with Crippen LogP contribution in [-0.4, -0.2) is 38.0 Å². The number of carboxylic acids is 1. The Morgan fingerprint density at radius 2 is 1.82 bits per heavy atom. The summed E-state index contributed by atoms with van der Waals surface area (Å²) in [7, 11) is 5.75. The number of carbonyl (C=O) groups is 2. The van der Waals surface area contributed by atoms with Gasteiger partial charge in [-0.3, -0.25) is 4.79 Å². The van der Waals surface area contributed by atoms with E-state index in [0.29, 0.717) is 23.5 Å². The monoisotopic (exact) mass is 439 g/mol. The van der Waals surface area contributed by atoms with E-state index in [-0.39, 0.29) is 11.1 Å². The van der Waals surface area contributed by atoms with Gasteiger partial charge in [0.15, 0.2) is 0 Å². The quantitative estimate of drug-likeness (QED) is 0.164. The number of benzene rings is 3. The van der Waals surface area contributed by atoms with E-state index in [2.05, 4.69) is 5.32 Å². The number of nitrogens with one attached hydrogen (secondary N) is 1. The number of rotatable bonds is 5. The van der Waals surface area contributed by atoms with Gasteiger partial charge in [0, 0.05) is 34.7 Å². The van der Waals surface area contributed by atoms with Gasteiger partial charge in [-0.2, -0.15) is 0 Å². The Kier molecular flexibility index (Phi) is 5.82. The molecule has 0 atom stereocenters. The Balaban J connectivity index is 2.13. The van der Waals surface area contributed by atoms with Crippen molar-refractivity contribution >= 4 is 22.7 Å². The van der Waals surface area contributed by atoms with E-state index in [1.165, 1.54) is 6.07 Å². The number of ketones is 1. The topological polar surface area (TPSA) is 82.5 Å². The van der Waals surface area contributed by atoms with Gasteiger partial charge >= 0.3 is 5.97 Å². The Morgan fingerprint density at radius 1 is 1.06 bits per heavy atom. The van der Waals surface area contributed by atoms with Crippen LogP contribution in [-0.2, 0) is 6.54 Å². The molecule has 0 saturated heterocycles. The highest BCUT2D eigenvalue weighted by Gasteiger charge is 2.23. The molecule has 1 aliphatic heterocycles. The normalized spacial score (nSPS) is 10.8. The maximum atomic E-state index is 12.2. The van der Waals surface area contributed by atoms with E-state index >= 15 is 0 Å². The first-order valence-corrected chi connectivity index (χ1v) is 10.4. The summed E-state index contributed by atoms with van der Waals surface area (Å²) in [5, 5.41) is 14.8. The van der Waals surface area contributed by atoms with Crippen molar-refractivity contribution in [3.8, 4) is 34.8 Å². The average molecular weight is 439 g/mol. The molecule has 0 bridgehead atoms. The molecule has 6 nitrogen and oxygen atoms in total. The molecular formula is C27H23N2O4+. The van der Waals surface area contributed by atoms with E-state index in [1.54, 1.807) is 12.1 Å². The van der Waals surface area contributed by atoms with Crippen LogP contribution in [0.2, 0.25) is 0 Å². The summed E-state index contributed by atoms with van der Waals surface area (Å²) in [4.78, 5) is 24.2. The van der Waals surface area contributed by atoms with Crippen molar-refractivity contribution in [2.45, 2.75) is 6.54 Å². The molecule has 0 unspecified atom stereocenters. The Morgan fingerprint density at radius 3 is 2.48 bits per heavy atom. The summed E-state index contributed by atoms with van der Waals surface area (Å²) in [6.45, 7) is 0.667. The summed E-state index contributed by atoms with van der Waals surface area (Å²) in [6.07, 6.45) is 5.24. The van der Waals surface area contributed by atoms with Crippen LogP contribution < -0.4 is 15.2 Å². The predicted octanol–water partition coefficient (Wildman–Crippen LogP) is 3.47. The highest BCUT2D eigenvalue weighted by Crippen LogP contribution is 2.41. The molecule has 0 amide bonds. The summed E-state index contributed by atoms with van der Waals surface area (Å²) in [5.41, 5.74) is 3.83. The third-order valence-electron chi connectivity index (χ3n) is 5.58. The molecule has 2 N–H and O–H groups in total. The molecule has 0 radical (unpaired) electrons. The first-order chi connectivity index (χ1) is 15.8. The van der Waals surface area contributed by atoms with Gasteiger partial charge in [-0.15, -0.1) is 6.42 Å². The van der Waals surface area contributed by atoms with Crippen molar-refractivity contribution in [1.82, 2.24) is 9.89 Å². The third-order valence-corrected chi connectivity index (χ3v) is 5.58. The van der Waals surface area contributed by atoms with Crippen molar-refractivity contribution in [3.05, 3.63) is 76.6 Å². The molecule has 1 heterocycles. The summed E-state index contributed by atoms with van der Waals surface area (Å²) in [6, 6.07) is 16.2. The second kappa shape index (κ2) is 8.73. The Bertz CT molecular complexity index is 1500. The second-order valence-electron chi connectivity index (χ2n) is 7.95. The van der Waals surface area contributed by atoms with Gasteiger partial charge in [0.25, 0.3) is 0 Å². The molecule has 2 aliphatic rings. The van der Waals surface area contributed by atoms with Crippen molar-refractivity contribution in [1.29, 1.82) is 0 Å². The molecule has 1 aliphatic carbocycles. The Labute approximate surface area is 191 Å². The van der Waals surface area contributed by atoms with Crippen LogP contribution >= 0.6 is 0 Å². The van der Waals surface area contributed by atoms with E-state index in [0.717, 1.165) is 27.4 Å². The molecular weight excluding hydrogens is 416 g/mol. The first-order valence-electron chi connectivity index (χ1n) is 10.4. The smallest absolute Gasteiger partial charge is 0.336 e. The molecule has 4 rings (SSSR count). The zero-order valence-corrected chi connectivity index (χ0v) is 18.6. The number of carboxylic acid groups (broad SMARTS) is 1. The van der Waals surface area contributed by atoms with Gasteiger partial charge in [-0.05, 0) is 48.4 Å². The molecule has 33 heavy (non-hydrogen) atoms. The Hall–Kier alpha value is -4.21. The van der Waals surface area contributed by atoms with E-state index in [9.17, 15) is 14.7 Å². The molecule has 164 valence electrons. The van der Waals surface area contributed by atoms with Crippen LogP contribution in [0.3, 0.4) is 0 Å². The van der Waals surface area contributed by atoms with Crippen molar-refractivity contribution in [2.75, 3.05) is 21.1 Å². The number of aromatic carboxylic acids is 1. The molecule has 0 aromatic heterocycles. The van der Waals surface area contributed by atoms with Gasteiger partial charge in [0.05, 0.1) is 11.6 Å². The predicted molar refractivity (Wildman–Crippen MR) is 128 cm³/mol. The fourth-order valence-corrected chi connectivity index (χ4v) is 3.97. The molecule has 0 fully saturated rings. The number of terminal acetylenes is 1. The highest BCUT2D eigenvalue weighted by molar-refractivity contribution is 6.12. The molecule has 2 aromatic carbocycles. The summed E-state index contributed by atoms with van der Waals surface area (Å²) >= 11 is 0. The first kappa shape index (κ1) is 22.0. The third kappa shape index (κ3) is 4.02. The number of hydrogen-bond donors (Lipinski definition) is 2. The summed E-state index contributed by atoms with van der Waals surface area (Å²) in [5.74, 6) is 0.969.